The number of carboxylic acid groups (broad SMARTS) is 1. The molecule has 3 unspecified atom stereocenters. The molecule has 1 aliphatic heterocycles. The van der Waals surface area contributed by atoms with Crippen LogP contribution in [0.5, 0.6) is 0 Å². The zero-order valence-electron chi connectivity index (χ0n) is 23.2. The van der Waals surface area contributed by atoms with E-state index in [2.05, 4.69) is 10.3 Å². The van der Waals surface area contributed by atoms with Crippen LogP contribution in [0.2, 0.25) is 0 Å². The molecule has 2 fully saturated rings. The second-order valence-corrected chi connectivity index (χ2v) is 10.3. The van der Waals surface area contributed by atoms with E-state index in [4.69, 9.17) is 9.72 Å². The van der Waals surface area contributed by atoms with E-state index in [9.17, 15) is 29.4 Å². The summed E-state index contributed by atoms with van der Waals surface area (Å²) in [4.78, 5) is 62.6. The molecule has 3 atom stereocenters. The van der Waals surface area contributed by atoms with Gasteiger partial charge >= 0.3 is 12.1 Å². The first-order chi connectivity index (χ1) is 19.8. The largest absolute Gasteiger partial charge is 0.481 e. The Morgan fingerprint density at radius 3 is 2.37 bits per heavy atom. The molecule has 1 aromatic carbocycles. The van der Waals surface area contributed by atoms with E-state index in [1.54, 1.807) is 13.0 Å². The van der Waals surface area contributed by atoms with Crippen LogP contribution in [0.3, 0.4) is 0 Å². The standard InChI is InChI=1S/C29H37N5O7/c1-2-41-29(40)34-16-14-33(15-17-34)28(39)21(12-13-25(36)37)32-27(38)23-18-22(20-10-6-7-11-24(20)35)30-26(31-23)19-8-4-3-5-9-19/h3-5,8-9,18,20-21,24,35H,2,6-7,10-17H2,1H3,(H,32,38)(H,36,37). The molecule has 1 aromatic heterocycles. The van der Waals surface area contributed by atoms with Crippen molar-refractivity contribution < 1.29 is 34.1 Å². The van der Waals surface area contributed by atoms with Crippen molar-refractivity contribution in [3.05, 3.63) is 47.8 Å². The molecule has 41 heavy (non-hydrogen) atoms. The average molecular weight is 568 g/mol. The molecule has 2 aromatic rings. The van der Waals surface area contributed by atoms with Gasteiger partial charge in [-0.25, -0.2) is 14.8 Å². The summed E-state index contributed by atoms with van der Waals surface area (Å²) in [5, 5.41) is 22.7. The number of ether oxygens (including phenoxy) is 1. The van der Waals surface area contributed by atoms with E-state index in [0.717, 1.165) is 19.3 Å². The van der Waals surface area contributed by atoms with Crippen LogP contribution < -0.4 is 5.32 Å². The summed E-state index contributed by atoms with van der Waals surface area (Å²) >= 11 is 0. The van der Waals surface area contributed by atoms with Gasteiger partial charge in [0.05, 0.1) is 18.4 Å². The third-order valence-electron chi connectivity index (χ3n) is 7.49. The van der Waals surface area contributed by atoms with E-state index in [-0.39, 0.29) is 57.2 Å². The lowest BCUT2D eigenvalue weighted by molar-refractivity contribution is -0.138. The Bertz CT molecular complexity index is 1230. The second kappa shape index (κ2) is 14.0. The van der Waals surface area contributed by atoms with Crippen molar-refractivity contribution >= 4 is 23.9 Å². The number of carbonyl (C=O) groups excluding carboxylic acids is 3. The van der Waals surface area contributed by atoms with Crippen molar-refractivity contribution in [1.82, 2.24) is 25.1 Å². The first-order valence-electron chi connectivity index (χ1n) is 14.1. The molecule has 12 nitrogen and oxygen atoms in total. The summed E-state index contributed by atoms with van der Waals surface area (Å²) in [6, 6.07) is 9.63. The van der Waals surface area contributed by atoms with Crippen molar-refractivity contribution in [2.24, 2.45) is 0 Å². The van der Waals surface area contributed by atoms with Gasteiger partial charge in [0.2, 0.25) is 5.91 Å². The maximum absolute atomic E-state index is 13.5. The van der Waals surface area contributed by atoms with E-state index >= 15 is 0 Å². The predicted molar refractivity (Wildman–Crippen MR) is 148 cm³/mol. The fraction of sp³-hybridized carbons (Fsp3) is 0.517. The van der Waals surface area contributed by atoms with Gasteiger partial charge in [0.15, 0.2) is 5.82 Å². The molecule has 2 heterocycles. The number of amides is 3. The molecule has 0 bridgehead atoms. The third-order valence-corrected chi connectivity index (χ3v) is 7.49. The zero-order valence-corrected chi connectivity index (χ0v) is 23.2. The van der Waals surface area contributed by atoms with Gasteiger partial charge in [0.25, 0.3) is 5.91 Å². The molecular formula is C29H37N5O7. The van der Waals surface area contributed by atoms with E-state index in [1.165, 1.54) is 9.80 Å². The molecule has 4 rings (SSSR count). The van der Waals surface area contributed by atoms with Crippen molar-refractivity contribution in [2.75, 3.05) is 32.8 Å². The summed E-state index contributed by atoms with van der Waals surface area (Å²) in [5.74, 6) is -2.07. The van der Waals surface area contributed by atoms with Crippen LogP contribution in [-0.4, -0.2) is 98.8 Å². The number of nitrogens with one attached hydrogen (secondary N) is 1. The van der Waals surface area contributed by atoms with Crippen molar-refractivity contribution in [1.29, 1.82) is 0 Å². The molecule has 3 amide bonds. The Morgan fingerprint density at radius 1 is 1.02 bits per heavy atom. The molecule has 1 saturated carbocycles. The van der Waals surface area contributed by atoms with Gasteiger partial charge in [-0.15, -0.1) is 0 Å². The number of piperazine rings is 1. The van der Waals surface area contributed by atoms with Gasteiger partial charge in [0, 0.05) is 44.1 Å². The number of nitrogens with zero attached hydrogens (tertiary/aromatic N) is 4. The Hall–Kier alpha value is -4.06. The molecule has 220 valence electrons. The maximum Gasteiger partial charge on any atom is 0.409 e. The third kappa shape index (κ3) is 7.78. The van der Waals surface area contributed by atoms with Gasteiger partial charge in [-0.3, -0.25) is 14.4 Å². The summed E-state index contributed by atoms with van der Waals surface area (Å²) in [6.07, 6.45) is 1.76. The lowest BCUT2D eigenvalue weighted by Crippen LogP contribution is -2.56. The van der Waals surface area contributed by atoms with Gasteiger partial charge < -0.3 is 30.1 Å². The Labute approximate surface area is 238 Å². The molecular weight excluding hydrogens is 530 g/mol. The Balaban J connectivity index is 1.56. The summed E-state index contributed by atoms with van der Waals surface area (Å²) in [5.41, 5.74) is 1.29. The van der Waals surface area contributed by atoms with Crippen LogP contribution in [0.25, 0.3) is 11.4 Å². The lowest BCUT2D eigenvalue weighted by atomic mass is 9.84. The number of carbonyl (C=O) groups is 4. The van der Waals surface area contributed by atoms with Crippen molar-refractivity contribution in [3.63, 3.8) is 0 Å². The van der Waals surface area contributed by atoms with Crippen LogP contribution in [-0.2, 0) is 14.3 Å². The minimum atomic E-state index is -1.10. The monoisotopic (exact) mass is 567 g/mol. The quantitative estimate of drug-likeness (QED) is 0.413. The fourth-order valence-corrected chi connectivity index (χ4v) is 5.25. The maximum atomic E-state index is 13.5. The van der Waals surface area contributed by atoms with Gasteiger partial charge in [-0.2, -0.15) is 0 Å². The number of rotatable bonds is 9. The molecule has 12 heteroatoms. The Morgan fingerprint density at radius 2 is 1.71 bits per heavy atom. The van der Waals surface area contributed by atoms with Gasteiger partial charge in [-0.05, 0) is 32.3 Å². The number of aliphatic hydroxyl groups is 1. The fourth-order valence-electron chi connectivity index (χ4n) is 5.25. The highest BCUT2D eigenvalue weighted by Crippen LogP contribution is 2.33. The molecule has 1 aliphatic carbocycles. The average Bonchev–Trinajstić information content (AvgIpc) is 2.99. The number of hydrogen-bond acceptors (Lipinski definition) is 8. The zero-order chi connectivity index (χ0) is 29.4. The van der Waals surface area contributed by atoms with E-state index in [0.29, 0.717) is 23.5 Å². The highest BCUT2D eigenvalue weighted by Gasteiger charge is 2.32. The highest BCUT2D eigenvalue weighted by molar-refractivity contribution is 5.96. The van der Waals surface area contributed by atoms with Crippen LogP contribution in [0, 0.1) is 0 Å². The first-order valence-corrected chi connectivity index (χ1v) is 14.1. The predicted octanol–water partition coefficient (Wildman–Crippen LogP) is 2.43. The first kappa shape index (κ1) is 29.9. The lowest BCUT2D eigenvalue weighted by Gasteiger charge is -2.36. The van der Waals surface area contributed by atoms with E-state index < -0.39 is 36.0 Å². The van der Waals surface area contributed by atoms with Gasteiger partial charge in [-0.1, -0.05) is 43.2 Å². The number of aromatic nitrogens is 2. The molecule has 2 aliphatic rings. The minimum Gasteiger partial charge on any atom is -0.481 e. The van der Waals surface area contributed by atoms with Gasteiger partial charge in [0.1, 0.15) is 11.7 Å². The molecule has 0 spiro atoms. The van der Waals surface area contributed by atoms with Crippen LogP contribution in [0.1, 0.15) is 67.5 Å². The Kier molecular flexibility index (Phi) is 10.2. The van der Waals surface area contributed by atoms with E-state index in [1.807, 2.05) is 30.3 Å². The molecule has 1 saturated heterocycles. The number of aliphatic carboxylic acids is 1. The highest BCUT2D eigenvalue weighted by atomic mass is 16.6. The second-order valence-electron chi connectivity index (χ2n) is 10.3. The summed E-state index contributed by atoms with van der Waals surface area (Å²) in [6.45, 7) is 2.96. The minimum absolute atomic E-state index is 0.0341. The number of benzene rings is 1. The molecule has 3 N–H and O–H groups in total. The SMILES string of the molecule is CCOC(=O)N1CCN(C(=O)C(CCC(=O)O)NC(=O)c2cc(C3CCCCC3O)nc(-c3ccccc3)n2)CC1. The van der Waals surface area contributed by atoms with Crippen LogP contribution in [0.15, 0.2) is 36.4 Å². The smallest absolute Gasteiger partial charge is 0.409 e. The summed E-state index contributed by atoms with van der Waals surface area (Å²) in [7, 11) is 0. The molecule has 0 radical (unpaired) electrons. The topological polar surface area (TPSA) is 162 Å². The normalized spacial score (nSPS) is 19.8. The van der Waals surface area contributed by atoms with Crippen LogP contribution >= 0.6 is 0 Å². The number of aliphatic hydroxyl groups excluding tert-OH is 1. The van der Waals surface area contributed by atoms with Crippen molar-refractivity contribution in [2.45, 2.75) is 63.5 Å². The summed E-state index contributed by atoms with van der Waals surface area (Å²) < 4.78 is 5.03. The number of carboxylic acids is 1. The van der Waals surface area contributed by atoms with Crippen molar-refractivity contribution in [3.8, 4) is 11.4 Å². The number of hydrogen-bond donors (Lipinski definition) is 3. The van der Waals surface area contributed by atoms with Crippen LogP contribution in [0.4, 0.5) is 4.79 Å².